The Kier molecular flexibility index (Phi) is 4.21. The topological polar surface area (TPSA) is 49.0 Å². The van der Waals surface area contributed by atoms with Crippen molar-refractivity contribution in [2.75, 3.05) is 6.54 Å². The van der Waals surface area contributed by atoms with Crippen molar-refractivity contribution in [2.24, 2.45) is 0 Å². The zero-order valence-corrected chi connectivity index (χ0v) is 14.6. The summed E-state index contributed by atoms with van der Waals surface area (Å²) in [5, 5.41) is 0.689. The lowest BCUT2D eigenvalue weighted by Gasteiger charge is -2.32. The maximum Gasteiger partial charge on any atom is 0.259 e. The van der Waals surface area contributed by atoms with E-state index in [1.807, 2.05) is 24.3 Å². The van der Waals surface area contributed by atoms with Gasteiger partial charge in [0.25, 0.3) is 5.56 Å². The zero-order chi connectivity index (χ0) is 16.5. The van der Waals surface area contributed by atoms with E-state index in [2.05, 4.69) is 28.9 Å². The zero-order valence-electron chi connectivity index (χ0n) is 13.8. The summed E-state index contributed by atoms with van der Waals surface area (Å²) in [5.74, 6) is 0.780. The molecule has 0 bridgehead atoms. The average molecular weight is 339 g/mol. The van der Waals surface area contributed by atoms with Crippen LogP contribution in [0.5, 0.6) is 0 Å². The van der Waals surface area contributed by atoms with E-state index in [-0.39, 0.29) is 5.56 Å². The molecule has 1 aliphatic rings. The van der Waals surface area contributed by atoms with Gasteiger partial charge in [0.2, 0.25) is 0 Å². The van der Waals surface area contributed by atoms with Gasteiger partial charge >= 0.3 is 0 Å². The maximum absolute atomic E-state index is 12.5. The highest BCUT2D eigenvalue weighted by molar-refractivity contribution is 7.21. The molecule has 2 aromatic heterocycles. The fourth-order valence-electron chi connectivity index (χ4n) is 3.38. The first-order valence-electron chi connectivity index (χ1n) is 8.53. The summed E-state index contributed by atoms with van der Waals surface area (Å²) >= 11 is 1.59. The Bertz CT molecular complexity index is 900. The number of benzene rings is 1. The molecular formula is C19H21N3OS. The van der Waals surface area contributed by atoms with E-state index in [1.165, 1.54) is 19.3 Å². The van der Waals surface area contributed by atoms with Gasteiger partial charge in [-0.3, -0.25) is 9.69 Å². The molecule has 0 amide bonds. The first-order valence-corrected chi connectivity index (χ1v) is 9.34. The molecule has 4 rings (SSSR count). The number of nitrogens with zero attached hydrogens (tertiary/aromatic N) is 2. The minimum Gasteiger partial charge on any atom is -0.309 e. The van der Waals surface area contributed by atoms with E-state index in [0.717, 1.165) is 34.2 Å². The Morgan fingerprint density at radius 1 is 1.29 bits per heavy atom. The molecule has 3 aromatic rings. The largest absolute Gasteiger partial charge is 0.309 e. The van der Waals surface area contributed by atoms with Crippen LogP contribution in [0.4, 0.5) is 0 Å². The number of thiophene rings is 1. The highest BCUT2D eigenvalue weighted by atomic mass is 32.1. The predicted octanol–water partition coefficient (Wildman–Crippen LogP) is 4.03. The highest BCUT2D eigenvalue weighted by Crippen LogP contribution is 2.30. The van der Waals surface area contributed by atoms with Crippen LogP contribution >= 0.6 is 11.3 Å². The normalized spacial score (nSPS) is 19.0. The number of hydrogen-bond donors (Lipinski definition) is 1. The summed E-state index contributed by atoms with van der Waals surface area (Å²) in [4.78, 5) is 24.5. The number of nitrogens with one attached hydrogen (secondary N) is 1. The van der Waals surface area contributed by atoms with Crippen LogP contribution in [0.3, 0.4) is 0 Å². The molecule has 1 N–H and O–H groups in total. The molecule has 0 saturated carbocycles. The fraction of sp³-hybridized carbons (Fsp3) is 0.368. The quantitative estimate of drug-likeness (QED) is 0.784. The van der Waals surface area contributed by atoms with Crippen LogP contribution in [0.2, 0.25) is 0 Å². The summed E-state index contributed by atoms with van der Waals surface area (Å²) in [6.07, 6.45) is 3.75. The van der Waals surface area contributed by atoms with Gasteiger partial charge in [-0.15, -0.1) is 11.3 Å². The lowest BCUT2D eigenvalue weighted by molar-refractivity contribution is 0.149. The van der Waals surface area contributed by atoms with Gasteiger partial charge in [0.1, 0.15) is 10.7 Å². The van der Waals surface area contributed by atoms with Crippen molar-refractivity contribution in [1.82, 2.24) is 14.9 Å². The van der Waals surface area contributed by atoms with Crippen molar-refractivity contribution < 1.29 is 0 Å². The molecule has 1 aromatic carbocycles. The van der Waals surface area contributed by atoms with Gasteiger partial charge < -0.3 is 4.98 Å². The lowest BCUT2D eigenvalue weighted by Crippen LogP contribution is -2.37. The molecule has 24 heavy (non-hydrogen) atoms. The molecule has 1 aliphatic heterocycles. The minimum atomic E-state index is -0.0295. The summed E-state index contributed by atoms with van der Waals surface area (Å²) in [6.45, 7) is 4.07. The number of piperidine rings is 1. The third kappa shape index (κ3) is 3.01. The number of fused-ring (bicyclic) bond motifs is 1. The summed E-state index contributed by atoms with van der Waals surface area (Å²) < 4.78 is 0. The second-order valence-corrected chi connectivity index (χ2v) is 7.55. The second-order valence-electron chi connectivity index (χ2n) is 6.52. The summed E-state index contributed by atoms with van der Waals surface area (Å²) in [5.41, 5.74) is 1.10. The van der Waals surface area contributed by atoms with E-state index >= 15 is 0 Å². The van der Waals surface area contributed by atoms with Gasteiger partial charge in [-0.1, -0.05) is 36.8 Å². The number of H-pyrrole nitrogens is 1. The Balaban J connectivity index is 1.68. The Labute approximate surface area is 145 Å². The van der Waals surface area contributed by atoms with Crippen LogP contribution in [0.15, 0.2) is 41.2 Å². The number of hydrogen-bond acceptors (Lipinski definition) is 4. The first-order chi connectivity index (χ1) is 11.7. The predicted molar refractivity (Wildman–Crippen MR) is 99.4 cm³/mol. The monoisotopic (exact) mass is 339 g/mol. The Morgan fingerprint density at radius 2 is 2.12 bits per heavy atom. The molecular weight excluding hydrogens is 318 g/mol. The maximum atomic E-state index is 12.5. The molecule has 1 saturated heterocycles. The first kappa shape index (κ1) is 15.5. The van der Waals surface area contributed by atoms with E-state index in [4.69, 9.17) is 4.98 Å². The SMILES string of the molecule is C[C@H]1CCCCN1Cc1nc2sc(-c3ccccc3)cc2c(=O)[nH]1. The molecule has 0 radical (unpaired) electrons. The molecule has 5 heteroatoms. The van der Waals surface area contributed by atoms with Gasteiger partial charge in [0.15, 0.2) is 0 Å². The minimum absolute atomic E-state index is 0.0295. The van der Waals surface area contributed by atoms with Gasteiger partial charge in [-0.05, 0) is 37.9 Å². The van der Waals surface area contributed by atoms with E-state index in [0.29, 0.717) is 11.4 Å². The molecule has 0 unspecified atom stereocenters. The van der Waals surface area contributed by atoms with Gasteiger partial charge in [0.05, 0.1) is 11.9 Å². The van der Waals surface area contributed by atoms with Gasteiger partial charge in [-0.2, -0.15) is 0 Å². The third-order valence-electron chi connectivity index (χ3n) is 4.80. The van der Waals surface area contributed by atoms with Crippen molar-refractivity contribution in [1.29, 1.82) is 0 Å². The van der Waals surface area contributed by atoms with Gasteiger partial charge in [0, 0.05) is 10.9 Å². The molecule has 1 fully saturated rings. The molecule has 124 valence electrons. The fourth-order valence-corrected chi connectivity index (χ4v) is 4.44. The van der Waals surface area contributed by atoms with E-state index in [9.17, 15) is 4.79 Å². The third-order valence-corrected chi connectivity index (χ3v) is 5.88. The highest BCUT2D eigenvalue weighted by Gasteiger charge is 2.19. The van der Waals surface area contributed by atoms with Crippen LogP contribution in [-0.4, -0.2) is 27.5 Å². The molecule has 0 spiro atoms. The number of rotatable bonds is 3. The van der Waals surface area contributed by atoms with Crippen molar-refractivity contribution in [3.05, 3.63) is 52.6 Å². The Hall–Kier alpha value is -1.98. The van der Waals surface area contributed by atoms with Crippen LogP contribution in [0.1, 0.15) is 32.0 Å². The lowest BCUT2D eigenvalue weighted by atomic mass is 10.0. The van der Waals surface area contributed by atoms with Crippen molar-refractivity contribution in [3.63, 3.8) is 0 Å². The number of aromatic nitrogens is 2. The Morgan fingerprint density at radius 3 is 2.92 bits per heavy atom. The summed E-state index contributed by atoms with van der Waals surface area (Å²) in [7, 11) is 0. The number of aromatic amines is 1. The molecule has 1 atom stereocenters. The average Bonchev–Trinajstić information content (AvgIpc) is 3.03. The number of likely N-dealkylation sites (tertiary alicyclic amines) is 1. The van der Waals surface area contributed by atoms with Crippen LogP contribution in [0, 0.1) is 0 Å². The second kappa shape index (κ2) is 6.49. The summed E-state index contributed by atoms with van der Waals surface area (Å²) in [6, 6.07) is 12.7. The van der Waals surface area contributed by atoms with Crippen molar-refractivity contribution >= 4 is 21.6 Å². The van der Waals surface area contributed by atoms with Gasteiger partial charge in [-0.25, -0.2) is 4.98 Å². The smallest absolute Gasteiger partial charge is 0.259 e. The van der Waals surface area contributed by atoms with E-state index in [1.54, 1.807) is 11.3 Å². The van der Waals surface area contributed by atoms with E-state index < -0.39 is 0 Å². The van der Waals surface area contributed by atoms with Crippen LogP contribution < -0.4 is 5.56 Å². The molecule has 4 nitrogen and oxygen atoms in total. The molecule has 3 heterocycles. The standard InChI is InChI=1S/C19H21N3OS/c1-13-7-5-6-10-22(13)12-17-20-18(23)15-11-16(24-19(15)21-17)14-8-3-2-4-9-14/h2-4,8-9,11,13H,5-7,10,12H2,1H3,(H,20,21,23)/t13-/m0/s1. The van der Waals surface area contributed by atoms with Crippen molar-refractivity contribution in [3.8, 4) is 10.4 Å². The van der Waals surface area contributed by atoms with Crippen molar-refractivity contribution in [2.45, 2.75) is 38.8 Å². The van der Waals surface area contributed by atoms with Crippen LogP contribution in [0.25, 0.3) is 20.7 Å². The molecule has 0 aliphatic carbocycles. The van der Waals surface area contributed by atoms with Crippen LogP contribution in [-0.2, 0) is 6.54 Å².